The molecule has 0 saturated carbocycles. The van der Waals surface area contributed by atoms with Crippen molar-refractivity contribution in [2.45, 2.75) is 57.2 Å². The summed E-state index contributed by atoms with van der Waals surface area (Å²) in [5.74, 6) is 0.779. The highest BCUT2D eigenvalue weighted by molar-refractivity contribution is 8.16. The van der Waals surface area contributed by atoms with Gasteiger partial charge in [-0.2, -0.15) is 4.99 Å². The van der Waals surface area contributed by atoms with Crippen LogP contribution in [0.25, 0.3) is 0 Å². The van der Waals surface area contributed by atoms with Crippen molar-refractivity contribution >= 4 is 44.0 Å². The van der Waals surface area contributed by atoms with Crippen LogP contribution >= 0.6 is 11.8 Å². The summed E-state index contributed by atoms with van der Waals surface area (Å²) in [5, 5.41) is 0.567. The number of aliphatic imine (C=N–C) groups is 1. The molecule has 0 bridgehead atoms. The number of rotatable bonds is 7. The van der Waals surface area contributed by atoms with Gasteiger partial charge in [0.25, 0.3) is 5.91 Å². The molecule has 2 aromatic rings. The standard InChI is InChI=1S/C29H37N3O3S2/c1-3-23(4-2)28(33)30-29-32(26-19-37(34,35)20-27(26)36-29)25-12-10-24(11-13-25)31-16-14-22(15-17-31)18-21-8-6-5-7-9-21/h5-13,22-23,26-27H,3-4,14-20H2,1-2H3/t26-,27+/m0/s1. The Labute approximate surface area is 225 Å². The Bertz CT molecular complexity index is 1220. The van der Waals surface area contributed by atoms with Crippen LogP contribution in [0, 0.1) is 11.8 Å². The first-order valence-corrected chi connectivity index (χ1v) is 16.2. The number of amides is 1. The predicted octanol–water partition coefficient (Wildman–Crippen LogP) is 5.18. The van der Waals surface area contributed by atoms with Crippen LogP contribution in [0.3, 0.4) is 0 Å². The van der Waals surface area contributed by atoms with Crippen molar-refractivity contribution in [3.8, 4) is 0 Å². The third kappa shape index (κ3) is 5.90. The number of anilines is 2. The highest BCUT2D eigenvalue weighted by Crippen LogP contribution is 2.41. The number of hydrogen-bond acceptors (Lipinski definition) is 5. The Morgan fingerprint density at radius 1 is 0.973 bits per heavy atom. The summed E-state index contributed by atoms with van der Waals surface area (Å²) in [6.07, 6.45) is 5.01. The van der Waals surface area contributed by atoms with Crippen LogP contribution in [-0.4, -0.2) is 55.4 Å². The van der Waals surface area contributed by atoms with E-state index in [4.69, 9.17) is 0 Å². The zero-order chi connectivity index (χ0) is 26.0. The molecule has 3 aliphatic rings. The second-order valence-corrected chi connectivity index (χ2v) is 13.9. The summed E-state index contributed by atoms with van der Waals surface area (Å²) in [6.45, 7) is 6.10. The van der Waals surface area contributed by atoms with Gasteiger partial charge in [0.2, 0.25) is 0 Å². The van der Waals surface area contributed by atoms with Gasteiger partial charge in [-0.15, -0.1) is 0 Å². The molecule has 5 rings (SSSR count). The second kappa shape index (κ2) is 11.2. The van der Waals surface area contributed by atoms with Crippen molar-refractivity contribution in [3.05, 3.63) is 60.2 Å². The van der Waals surface area contributed by atoms with Gasteiger partial charge in [-0.1, -0.05) is 55.9 Å². The second-order valence-electron chi connectivity index (χ2n) is 10.6. The topological polar surface area (TPSA) is 70.0 Å². The first kappa shape index (κ1) is 26.3. The number of carbonyl (C=O) groups excluding carboxylic acids is 1. The summed E-state index contributed by atoms with van der Waals surface area (Å²) in [4.78, 5) is 21.8. The Morgan fingerprint density at radius 2 is 1.62 bits per heavy atom. The van der Waals surface area contributed by atoms with Crippen molar-refractivity contribution in [2.24, 2.45) is 16.8 Å². The minimum absolute atomic E-state index is 0.0819. The minimum Gasteiger partial charge on any atom is -0.372 e. The van der Waals surface area contributed by atoms with Crippen molar-refractivity contribution in [3.63, 3.8) is 0 Å². The normalized spacial score (nSPS) is 24.7. The van der Waals surface area contributed by atoms with Crippen LogP contribution in [0.1, 0.15) is 45.1 Å². The molecule has 0 unspecified atom stereocenters. The molecule has 0 aromatic heterocycles. The maximum absolute atomic E-state index is 12.8. The van der Waals surface area contributed by atoms with E-state index in [2.05, 4.69) is 64.5 Å². The van der Waals surface area contributed by atoms with Crippen LogP contribution < -0.4 is 9.80 Å². The lowest BCUT2D eigenvalue weighted by atomic mass is 9.90. The number of thioether (sulfide) groups is 1. The van der Waals surface area contributed by atoms with Crippen LogP contribution in [0.2, 0.25) is 0 Å². The summed E-state index contributed by atoms with van der Waals surface area (Å²) in [6, 6.07) is 19.0. The fourth-order valence-corrected chi connectivity index (χ4v) is 9.78. The summed E-state index contributed by atoms with van der Waals surface area (Å²) in [7, 11) is -3.09. The predicted molar refractivity (Wildman–Crippen MR) is 154 cm³/mol. The van der Waals surface area contributed by atoms with Gasteiger partial charge in [0.15, 0.2) is 15.0 Å². The lowest BCUT2D eigenvalue weighted by molar-refractivity contribution is -0.121. The van der Waals surface area contributed by atoms with Gasteiger partial charge in [-0.05, 0) is 67.9 Å². The van der Waals surface area contributed by atoms with Gasteiger partial charge in [0, 0.05) is 35.6 Å². The molecule has 3 fully saturated rings. The number of fused-ring (bicyclic) bond motifs is 1. The molecule has 0 aliphatic carbocycles. The number of amidine groups is 1. The first-order chi connectivity index (χ1) is 17.9. The molecule has 0 spiro atoms. The van der Waals surface area contributed by atoms with Crippen LogP contribution in [0.15, 0.2) is 59.6 Å². The van der Waals surface area contributed by atoms with E-state index in [0.717, 1.165) is 38.0 Å². The van der Waals surface area contributed by atoms with E-state index in [1.54, 1.807) is 0 Å². The number of sulfone groups is 1. The summed E-state index contributed by atoms with van der Waals surface area (Å²) < 4.78 is 24.8. The lowest BCUT2D eigenvalue weighted by Gasteiger charge is -2.34. The third-order valence-corrected chi connectivity index (χ3v) is 11.3. The average molecular weight is 540 g/mol. The molecule has 2 aromatic carbocycles. The van der Waals surface area contributed by atoms with E-state index < -0.39 is 9.84 Å². The monoisotopic (exact) mass is 539 g/mol. The highest BCUT2D eigenvalue weighted by atomic mass is 32.2. The number of carbonyl (C=O) groups is 1. The van der Waals surface area contributed by atoms with Gasteiger partial charge in [-0.3, -0.25) is 4.79 Å². The third-order valence-electron chi connectivity index (χ3n) is 8.08. The Kier molecular flexibility index (Phi) is 7.96. The molecule has 0 radical (unpaired) electrons. The quantitative estimate of drug-likeness (QED) is 0.483. The maximum Gasteiger partial charge on any atom is 0.251 e. The molecule has 198 valence electrons. The zero-order valence-corrected chi connectivity index (χ0v) is 23.4. The SMILES string of the molecule is CCC(CC)C(=O)N=C1S[C@@H]2CS(=O)(=O)C[C@@H]2N1c1ccc(N2CCC(Cc3ccccc3)CC2)cc1. The smallest absolute Gasteiger partial charge is 0.251 e. The summed E-state index contributed by atoms with van der Waals surface area (Å²) in [5.41, 5.74) is 3.52. The first-order valence-electron chi connectivity index (χ1n) is 13.5. The van der Waals surface area contributed by atoms with E-state index in [1.807, 2.05) is 18.7 Å². The van der Waals surface area contributed by atoms with Crippen molar-refractivity contribution < 1.29 is 13.2 Å². The van der Waals surface area contributed by atoms with Crippen molar-refractivity contribution in [1.29, 1.82) is 0 Å². The molecule has 6 nitrogen and oxygen atoms in total. The Balaban J connectivity index is 1.30. The van der Waals surface area contributed by atoms with E-state index in [0.29, 0.717) is 11.1 Å². The molecule has 3 heterocycles. The average Bonchev–Trinajstić information content (AvgIpc) is 3.36. The molecule has 1 amide bonds. The van der Waals surface area contributed by atoms with E-state index in [-0.39, 0.29) is 34.6 Å². The van der Waals surface area contributed by atoms with E-state index in [9.17, 15) is 13.2 Å². The van der Waals surface area contributed by atoms with E-state index in [1.165, 1.54) is 35.9 Å². The van der Waals surface area contributed by atoms with Gasteiger partial charge in [0.05, 0.1) is 17.5 Å². The molecule has 0 N–H and O–H groups in total. The fraction of sp³-hybridized carbons (Fsp3) is 0.517. The molecule has 37 heavy (non-hydrogen) atoms. The van der Waals surface area contributed by atoms with Crippen LogP contribution in [0.5, 0.6) is 0 Å². The molecular formula is C29H37N3O3S2. The van der Waals surface area contributed by atoms with Gasteiger partial charge >= 0.3 is 0 Å². The van der Waals surface area contributed by atoms with Gasteiger partial charge in [0.1, 0.15) is 0 Å². The van der Waals surface area contributed by atoms with Crippen molar-refractivity contribution in [1.82, 2.24) is 0 Å². The number of hydrogen-bond donors (Lipinski definition) is 0. The molecule has 8 heteroatoms. The highest BCUT2D eigenvalue weighted by Gasteiger charge is 2.49. The number of nitrogens with zero attached hydrogens (tertiary/aromatic N) is 3. The van der Waals surface area contributed by atoms with Crippen LogP contribution in [0.4, 0.5) is 11.4 Å². The number of benzene rings is 2. The van der Waals surface area contributed by atoms with Gasteiger partial charge in [-0.25, -0.2) is 8.42 Å². The molecule has 3 saturated heterocycles. The van der Waals surface area contributed by atoms with E-state index >= 15 is 0 Å². The van der Waals surface area contributed by atoms with Gasteiger partial charge < -0.3 is 9.80 Å². The minimum atomic E-state index is -3.09. The maximum atomic E-state index is 12.8. The molecule has 3 aliphatic heterocycles. The lowest BCUT2D eigenvalue weighted by Crippen LogP contribution is -2.38. The Hall–Kier alpha value is -2.32. The zero-order valence-electron chi connectivity index (χ0n) is 21.8. The fourth-order valence-electron chi connectivity index (χ4n) is 5.86. The molecular weight excluding hydrogens is 502 g/mol. The largest absolute Gasteiger partial charge is 0.372 e. The summed E-state index contributed by atoms with van der Waals surface area (Å²) >= 11 is 1.45. The molecule has 2 atom stereocenters. The van der Waals surface area contributed by atoms with Crippen LogP contribution in [-0.2, 0) is 21.1 Å². The van der Waals surface area contributed by atoms with Crippen molar-refractivity contribution in [2.75, 3.05) is 34.4 Å². The number of piperidine rings is 1. The Morgan fingerprint density at radius 3 is 2.27 bits per heavy atom.